The van der Waals surface area contributed by atoms with Gasteiger partial charge in [-0.15, -0.1) is 0 Å². The number of alkyl carbamates (subject to hydrolysis) is 1. The summed E-state index contributed by atoms with van der Waals surface area (Å²) in [5.41, 5.74) is 4.71. The van der Waals surface area contributed by atoms with Crippen molar-refractivity contribution >= 4 is 23.7 Å². The molecule has 5 rings (SSSR count). The number of carboxylic acid groups (broad SMARTS) is 1. The first-order valence-corrected chi connectivity index (χ1v) is 11.1. The van der Waals surface area contributed by atoms with Crippen LogP contribution in [0.2, 0.25) is 0 Å². The minimum atomic E-state index is -1.14. The summed E-state index contributed by atoms with van der Waals surface area (Å²) in [6, 6.07) is 16.7. The second-order valence-electron chi connectivity index (χ2n) is 8.54. The third-order valence-electron chi connectivity index (χ3n) is 6.25. The Morgan fingerprint density at radius 3 is 2.26 bits per heavy atom. The Balaban J connectivity index is 1.24. The molecule has 0 bridgehead atoms. The second kappa shape index (κ2) is 8.97. The summed E-state index contributed by atoms with van der Waals surface area (Å²) in [5.74, 6) is -1.63. The van der Waals surface area contributed by atoms with Crippen molar-refractivity contribution in [3.63, 3.8) is 0 Å². The minimum absolute atomic E-state index is 0.0103. The van der Waals surface area contributed by atoms with E-state index in [1.807, 2.05) is 36.4 Å². The number of pyridine rings is 1. The number of carbonyl (C=O) groups is 3. The number of aromatic nitrogens is 1. The maximum Gasteiger partial charge on any atom is 0.407 e. The largest absolute Gasteiger partial charge is 0.478 e. The van der Waals surface area contributed by atoms with Gasteiger partial charge in [-0.2, -0.15) is 0 Å². The molecule has 2 aliphatic carbocycles. The van der Waals surface area contributed by atoms with Gasteiger partial charge in [-0.1, -0.05) is 48.5 Å². The summed E-state index contributed by atoms with van der Waals surface area (Å²) in [7, 11) is 0. The Kier molecular flexibility index (Phi) is 5.71. The summed E-state index contributed by atoms with van der Waals surface area (Å²) in [6.45, 7) is 0.156. The van der Waals surface area contributed by atoms with Gasteiger partial charge in [0.1, 0.15) is 12.6 Å². The summed E-state index contributed by atoms with van der Waals surface area (Å²) in [5, 5.41) is 14.5. The van der Waals surface area contributed by atoms with Gasteiger partial charge >= 0.3 is 12.1 Å². The lowest BCUT2D eigenvalue weighted by Gasteiger charge is -2.19. The summed E-state index contributed by atoms with van der Waals surface area (Å²) in [6.07, 6.45) is 3.53. The molecule has 0 radical (unpaired) electrons. The first-order chi connectivity index (χ1) is 16.5. The summed E-state index contributed by atoms with van der Waals surface area (Å²) >= 11 is 0. The van der Waals surface area contributed by atoms with Gasteiger partial charge in [0.15, 0.2) is 0 Å². The summed E-state index contributed by atoms with van der Waals surface area (Å²) in [4.78, 5) is 40.5. The SMILES string of the molecule is O=C(NC(C(=O)Nc1cncc(C(=O)O)c1)C1CC1)OCC1c2ccccc2-c2ccccc21. The number of anilines is 1. The monoisotopic (exact) mass is 457 g/mol. The molecule has 1 unspecified atom stereocenters. The van der Waals surface area contributed by atoms with Crippen molar-refractivity contribution < 1.29 is 24.2 Å². The smallest absolute Gasteiger partial charge is 0.407 e. The van der Waals surface area contributed by atoms with Crippen molar-refractivity contribution in [1.29, 1.82) is 0 Å². The molecule has 1 saturated carbocycles. The predicted octanol–water partition coefficient (Wildman–Crippen LogP) is 4.04. The van der Waals surface area contributed by atoms with Gasteiger partial charge in [0.2, 0.25) is 5.91 Å². The van der Waals surface area contributed by atoms with Crippen molar-refractivity contribution in [2.45, 2.75) is 24.8 Å². The van der Waals surface area contributed by atoms with Gasteiger partial charge < -0.3 is 20.5 Å². The molecule has 3 aromatic rings. The van der Waals surface area contributed by atoms with Gasteiger partial charge in [0.05, 0.1) is 17.4 Å². The van der Waals surface area contributed by atoms with Crippen LogP contribution in [0.1, 0.15) is 40.2 Å². The summed E-state index contributed by atoms with van der Waals surface area (Å²) < 4.78 is 5.58. The highest BCUT2D eigenvalue weighted by molar-refractivity contribution is 5.98. The quantitative estimate of drug-likeness (QED) is 0.493. The number of nitrogens with one attached hydrogen (secondary N) is 2. The maximum atomic E-state index is 12.8. The Labute approximate surface area is 196 Å². The van der Waals surface area contributed by atoms with Crippen LogP contribution < -0.4 is 10.6 Å². The molecular weight excluding hydrogens is 434 g/mol. The molecule has 8 heteroatoms. The number of hydrogen-bond acceptors (Lipinski definition) is 5. The highest BCUT2D eigenvalue weighted by Crippen LogP contribution is 2.44. The molecule has 1 heterocycles. The highest BCUT2D eigenvalue weighted by atomic mass is 16.5. The number of rotatable bonds is 7. The van der Waals surface area contributed by atoms with Gasteiger partial charge in [-0.3, -0.25) is 9.78 Å². The minimum Gasteiger partial charge on any atom is -0.478 e. The first-order valence-electron chi connectivity index (χ1n) is 11.1. The van der Waals surface area contributed by atoms with E-state index < -0.39 is 24.0 Å². The zero-order chi connectivity index (χ0) is 23.7. The Hall–Kier alpha value is -4.20. The van der Waals surface area contributed by atoms with Gasteiger partial charge in [-0.25, -0.2) is 9.59 Å². The van der Waals surface area contributed by atoms with Crippen LogP contribution in [0.5, 0.6) is 0 Å². The number of ether oxygens (including phenoxy) is 1. The number of benzene rings is 2. The standard InChI is InChI=1S/C26H23N3O5/c30-24(28-17-11-16(25(31)32)12-27-13-17)23(15-9-10-15)29-26(33)34-14-22-20-7-3-1-5-18(20)19-6-2-4-8-21(19)22/h1-8,11-13,15,22-23H,9-10,14H2,(H,28,30)(H,29,33)(H,31,32). The molecular formula is C26H23N3O5. The number of amides is 2. The number of carbonyl (C=O) groups excluding carboxylic acids is 2. The van der Waals surface area contributed by atoms with Crippen LogP contribution in [0.15, 0.2) is 67.0 Å². The van der Waals surface area contributed by atoms with E-state index in [0.29, 0.717) is 0 Å². The van der Waals surface area contributed by atoms with Crippen molar-refractivity contribution in [2.24, 2.45) is 5.92 Å². The first kappa shape index (κ1) is 21.6. The lowest BCUT2D eigenvalue weighted by molar-refractivity contribution is -0.118. The lowest BCUT2D eigenvalue weighted by Crippen LogP contribution is -2.45. The van der Waals surface area contributed by atoms with E-state index in [1.165, 1.54) is 18.5 Å². The van der Waals surface area contributed by atoms with Crippen molar-refractivity contribution in [1.82, 2.24) is 10.3 Å². The van der Waals surface area contributed by atoms with Crippen LogP contribution in [0.3, 0.4) is 0 Å². The Bertz CT molecular complexity index is 1230. The molecule has 0 aliphatic heterocycles. The molecule has 172 valence electrons. The molecule has 0 spiro atoms. The third kappa shape index (κ3) is 4.34. The number of aromatic carboxylic acids is 1. The molecule has 2 amide bonds. The van der Waals surface area contributed by atoms with E-state index >= 15 is 0 Å². The predicted molar refractivity (Wildman–Crippen MR) is 125 cm³/mol. The van der Waals surface area contributed by atoms with Crippen LogP contribution in [-0.4, -0.2) is 40.7 Å². The topological polar surface area (TPSA) is 118 Å². The van der Waals surface area contributed by atoms with E-state index in [9.17, 15) is 14.4 Å². The number of nitrogens with zero attached hydrogens (tertiary/aromatic N) is 1. The van der Waals surface area contributed by atoms with E-state index in [2.05, 4.69) is 27.8 Å². The normalized spacial score (nSPS) is 15.1. The lowest BCUT2D eigenvalue weighted by atomic mass is 9.98. The Morgan fingerprint density at radius 1 is 1.00 bits per heavy atom. The molecule has 2 aromatic carbocycles. The van der Waals surface area contributed by atoms with Crippen LogP contribution in [0.25, 0.3) is 11.1 Å². The molecule has 8 nitrogen and oxygen atoms in total. The van der Waals surface area contributed by atoms with E-state index in [1.54, 1.807) is 0 Å². The van der Waals surface area contributed by atoms with Gasteiger partial charge in [-0.05, 0) is 47.1 Å². The molecule has 1 atom stereocenters. The van der Waals surface area contributed by atoms with Crippen molar-refractivity contribution in [2.75, 3.05) is 11.9 Å². The molecule has 34 heavy (non-hydrogen) atoms. The fourth-order valence-electron chi connectivity index (χ4n) is 4.44. The molecule has 2 aliphatic rings. The van der Waals surface area contributed by atoms with E-state index in [0.717, 1.165) is 35.1 Å². The average Bonchev–Trinajstić information content (AvgIpc) is 3.64. The van der Waals surface area contributed by atoms with Crippen LogP contribution in [0.4, 0.5) is 10.5 Å². The van der Waals surface area contributed by atoms with Crippen molar-refractivity contribution in [3.8, 4) is 11.1 Å². The fraction of sp³-hybridized carbons (Fsp3) is 0.231. The van der Waals surface area contributed by atoms with E-state index in [-0.39, 0.29) is 29.7 Å². The third-order valence-corrected chi connectivity index (χ3v) is 6.25. The average molecular weight is 457 g/mol. The second-order valence-corrected chi connectivity index (χ2v) is 8.54. The molecule has 1 aromatic heterocycles. The highest BCUT2D eigenvalue weighted by Gasteiger charge is 2.38. The van der Waals surface area contributed by atoms with Crippen LogP contribution in [0, 0.1) is 5.92 Å². The van der Waals surface area contributed by atoms with Gasteiger partial charge in [0, 0.05) is 12.1 Å². The maximum absolute atomic E-state index is 12.8. The number of carboxylic acids is 1. The fourth-order valence-corrected chi connectivity index (χ4v) is 4.44. The Morgan fingerprint density at radius 2 is 1.65 bits per heavy atom. The zero-order valence-corrected chi connectivity index (χ0v) is 18.2. The molecule has 0 saturated heterocycles. The molecule has 1 fully saturated rings. The number of hydrogen-bond donors (Lipinski definition) is 3. The van der Waals surface area contributed by atoms with Crippen molar-refractivity contribution in [3.05, 3.63) is 83.7 Å². The molecule has 3 N–H and O–H groups in total. The van der Waals surface area contributed by atoms with Crippen LogP contribution >= 0.6 is 0 Å². The number of fused-ring (bicyclic) bond motifs is 3. The van der Waals surface area contributed by atoms with Gasteiger partial charge in [0.25, 0.3) is 0 Å². The van der Waals surface area contributed by atoms with Crippen LogP contribution in [-0.2, 0) is 9.53 Å². The zero-order valence-electron chi connectivity index (χ0n) is 18.2. The van der Waals surface area contributed by atoms with E-state index in [4.69, 9.17) is 9.84 Å².